The van der Waals surface area contributed by atoms with E-state index < -0.39 is 0 Å². The Labute approximate surface area is 178 Å². The van der Waals surface area contributed by atoms with Crippen molar-refractivity contribution in [1.82, 2.24) is 5.43 Å². The molecule has 0 heterocycles. The smallest absolute Gasteiger partial charge is 0.246 e. The molecule has 0 radical (unpaired) electrons. The minimum absolute atomic E-state index is 0.0688. The standard InChI is InChI=1S/C23H31ClN2O3/c1-5-29-19-17(24)6-15(7-18(19)28-4)11-25-26-20(27)23-10-16-8-21(2,13-23)12-22(3,9-16)14-23/h6-7,11,16H,5,8-10,12-14H2,1-4H3,(H,26,27)/b25-11+. The Bertz CT molecular complexity index is 835. The maximum Gasteiger partial charge on any atom is 0.246 e. The molecule has 29 heavy (non-hydrogen) atoms. The Morgan fingerprint density at radius 1 is 1.24 bits per heavy atom. The second kappa shape index (κ2) is 7.19. The van der Waals surface area contributed by atoms with Crippen LogP contribution in [0.3, 0.4) is 0 Å². The molecule has 0 aromatic heterocycles. The molecule has 4 aliphatic rings. The van der Waals surface area contributed by atoms with E-state index in [1.54, 1.807) is 25.5 Å². The zero-order valence-corrected chi connectivity index (χ0v) is 18.6. The number of nitrogens with one attached hydrogen (secondary N) is 1. The Morgan fingerprint density at radius 3 is 2.52 bits per heavy atom. The van der Waals surface area contributed by atoms with Crippen LogP contribution in [0.2, 0.25) is 5.02 Å². The molecule has 4 fully saturated rings. The quantitative estimate of drug-likeness (QED) is 0.510. The van der Waals surface area contributed by atoms with Gasteiger partial charge >= 0.3 is 0 Å². The highest BCUT2D eigenvalue weighted by Crippen LogP contribution is 2.69. The molecule has 158 valence electrons. The lowest BCUT2D eigenvalue weighted by Crippen LogP contribution is -2.59. The maximum atomic E-state index is 13.2. The third kappa shape index (κ3) is 3.74. The van der Waals surface area contributed by atoms with Gasteiger partial charge in [-0.25, -0.2) is 5.43 Å². The summed E-state index contributed by atoms with van der Waals surface area (Å²) in [5.74, 6) is 1.81. The first-order chi connectivity index (χ1) is 13.7. The van der Waals surface area contributed by atoms with E-state index in [-0.39, 0.29) is 11.3 Å². The molecule has 0 aliphatic heterocycles. The number of benzene rings is 1. The molecule has 4 bridgehead atoms. The van der Waals surface area contributed by atoms with Gasteiger partial charge in [-0.15, -0.1) is 0 Å². The maximum absolute atomic E-state index is 13.2. The number of methoxy groups -OCH3 is 1. The summed E-state index contributed by atoms with van der Waals surface area (Å²) in [5.41, 5.74) is 3.91. The number of ether oxygens (including phenoxy) is 2. The summed E-state index contributed by atoms with van der Waals surface area (Å²) < 4.78 is 10.9. The molecule has 0 spiro atoms. The van der Waals surface area contributed by atoms with Gasteiger partial charge in [-0.05, 0) is 79.9 Å². The van der Waals surface area contributed by atoms with Gasteiger partial charge in [0.1, 0.15) is 0 Å². The number of rotatable bonds is 6. The van der Waals surface area contributed by atoms with Crippen LogP contribution in [-0.4, -0.2) is 25.8 Å². The first kappa shape index (κ1) is 20.5. The number of halogens is 1. The molecule has 1 N–H and O–H groups in total. The third-order valence-corrected chi connectivity index (χ3v) is 7.31. The highest BCUT2D eigenvalue weighted by molar-refractivity contribution is 6.32. The van der Waals surface area contributed by atoms with Gasteiger partial charge < -0.3 is 9.47 Å². The van der Waals surface area contributed by atoms with Crippen LogP contribution in [-0.2, 0) is 4.79 Å². The van der Waals surface area contributed by atoms with Gasteiger partial charge in [-0.2, -0.15) is 5.10 Å². The van der Waals surface area contributed by atoms with Gasteiger partial charge in [0.15, 0.2) is 11.5 Å². The molecule has 4 saturated carbocycles. The number of hydrogen-bond donors (Lipinski definition) is 1. The molecule has 6 heteroatoms. The van der Waals surface area contributed by atoms with Gasteiger partial charge in [0.2, 0.25) is 5.91 Å². The lowest BCUT2D eigenvalue weighted by molar-refractivity contribution is -0.170. The Hall–Kier alpha value is -1.75. The van der Waals surface area contributed by atoms with E-state index in [2.05, 4.69) is 24.4 Å². The van der Waals surface area contributed by atoms with E-state index in [1.807, 2.05) is 6.92 Å². The minimum Gasteiger partial charge on any atom is -0.493 e. The van der Waals surface area contributed by atoms with Crippen molar-refractivity contribution in [2.45, 2.75) is 59.3 Å². The van der Waals surface area contributed by atoms with E-state index in [9.17, 15) is 4.79 Å². The number of carbonyl (C=O) groups excluding carboxylic acids is 1. The van der Waals surface area contributed by atoms with Gasteiger partial charge in [-0.1, -0.05) is 25.4 Å². The molecule has 1 amide bonds. The van der Waals surface area contributed by atoms with Crippen LogP contribution >= 0.6 is 11.6 Å². The van der Waals surface area contributed by atoms with Gasteiger partial charge in [0.25, 0.3) is 0 Å². The van der Waals surface area contributed by atoms with E-state index in [0.29, 0.717) is 39.9 Å². The van der Waals surface area contributed by atoms with Gasteiger partial charge in [0, 0.05) is 0 Å². The molecule has 2 atom stereocenters. The molecule has 5 rings (SSSR count). The Kier molecular flexibility index (Phi) is 5.09. The first-order valence-electron chi connectivity index (χ1n) is 10.5. The lowest BCUT2D eigenvalue weighted by Gasteiger charge is -2.64. The third-order valence-electron chi connectivity index (χ3n) is 7.03. The molecule has 4 aliphatic carbocycles. The van der Waals surface area contributed by atoms with Crippen molar-refractivity contribution in [2.24, 2.45) is 27.3 Å². The summed E-state index contributed by atoms with van der Waals surface area (Å²) in [7, 11) is 1.57. The van der Waals surface area contributed by atoms with Crippen molar-refractivity contribution in [3.8, 4) is 11.5 Å². The number of carbonyl (C=O) groups is 1. The van der Waals surface area contributed by atoms with Crippen molar-refractivity contribution >= 4 is 23.7 Å². The number of nitrogens with zero attached hydrogens (tertiary/aromatic N) is 1. The van der Waals surface area contributed by atoms with Crippen molar-refractivity contribution in [3.63, 3.8) is 0 Å². The van der Waals surface area contributed by atoms with E-state index >= 15 is 0 Å². The predicted octanol–water partition coefficient (Wildman–Crippen LogP) is 5.19. The largest absolute Gasteiger partial charge is 0.493 e. The number of hydrogen-bond acceptors (Lipinski definition) is 4. The average Bonchev–Trinajstić information content (AvgIpc) is 2.60. The van der Waals surface area contributed by atoms with E-state index in [0.717, 1.165) is 24.8 Å². The second-order valence-electron chi connectivity index (χ2n) is 10.1. The molecule has 1 aromatic rings. The fraction of sp³-hybridized carbons (Fsp3) is 0.652. The van der Waals surface area contributed by atoms with E-state index in [4.69, 9.17) is 21.1 Å². The SMILES string of the molecule is CCOc1c(Cl)cc(/C=N/NC(=O)C23CC4CC(C)(CC(C)(C4)C2)C3)cc1OC. The zero-order valence-electron chi connectivity index (χ0n) is 17.8. The summed E-state index contributed by atoms with van der Waals surface area (Å²) in [4.78, 5) is 13.2. The van der Waals surface area contributed by atoms with Crippen LogP contribution in [0.25, 0.3) is 0 Å². The molecular weight excluding hydrogens is 388 g/mol. The number of hydrazone groups is 1. The Balaban J connectivity index is 1.49. The van der Waals surface area contributed by atoms with Crippen LogP contribution in [0.1, 0.15) is 64.9 Å². The lowest BCUT2D eigenvalue weighted by atomic mass is 9.40. The summed E-state index contributed by atoms with van der Waals surface area (Å²) in [6, 6.07) is 3.57. The monoisotopic (exact) mass is 418 g/mol. The van der Waals surface area contributed by atoms with Crippen LogP contribution in [0.15, 0.2) is 17.2 Å². The van der Waals surface area contributed by atoms with E-state index in [1.165, 1.54) is 19.3 Å². The molecular formula is C23H31ClN2O3. The summed E-state index contributed by atoms with van der Waals surface area (Å²) in [6.07, 6.45) is 8.37. The fourth-order valence-electron chi connectivity index (χ4n) is 7.08. The molecule has 0 saturated heterocycles. The highest BCUT2D eigenvalue weighted by atomic mass is 35.5. The molecule has 5 nitrogen and oxygen atoms in total. The van der Waals surface area contributed by atoms with Crippen LogP contribution < -0.4 is 14.9 Å². The van der Waals surface area contributed by atoms with Gasteiger partial charge in [0.05, 0.1) is 30.4 Å². The average molecular weight is 419 g/mol. The van der Waals surface area contributed by atoms with Crippen LogP contribution in [0.4, 0.5) is 0 Å². The fourth-order valence-corrected chi connectivity index (χ4v) is 7.36. The van der Waals surface area contributed by atoms with Crippen molar-refractivity contribution in [3.05, 3.63) is 22.7 Å². The van der Waals surface area contributed by atoms with Crippen LogP contribution in [0.5, 0.6) is 11.5 Å². The van der Waals surface area contributed by atoms with Crippen molar-refractivity contribution < 1.29 is 14.3 Å². The predicted molar refractivity (Wildman–Crippen MR) is 115 cm³/mol. The van der Waals surface area contributed by atoms with Gasteiger partial charge in [-0.3, -0.25) is 4.79 Å². The second-order valence-corrected chi connectivity index (χ2v) is 10.5. The highest BCUT2D eigenvalue weighted by Gasteiger charge is 2.62. The minimum atomic E-state index is -0.269. The summed E-state index contributed by atoms with van der Waals surface area (Å²) >= 11 is 6.32. The molecule has 1 aromatic carbocycles. The Morgan fingerprint density at radius 2 is 1.93 bits per heavy atom. The topological polar surface area (TPSA) is 59.9 Å². The number of amides is 1. The zero-order chi connectivity index (χ0) is 20.9. The molecule has 2 unspecified atom stereocenters. The van der Waals surface area contributed by atoms with Crippen molar-refractivity contribution in [2.75, 3.05) is 13.7 Å². The normalized spacial score (nSPS) is 35.1. The first-order valence-corrected chi connectivity index (χ1v) is 10.9. The van der Waals surface area contributed by atoms with Crippen LogP contribution in [0, 0.1) is 22.2 Å². The summed E-state index contributed by atoms with van der Waals surface area (Å²) in [5, 5.41) is 4.72. The summed E-state index contributed by atoms with van der Waals surface area (Å²) in [6.45, 7) is 7.14. The van der Waals surface area contributed by atoms with Crippen molar-refractivity contribution in [1.29, 1.82) is 0 Å².